The number of nitrogens with one attached hydrogen (secondary N) is 1. The van der Waals surface area contributed by atoms with E-state index in [0.717, 1.165) is 0 Å². The van der Waals surface area contributed by atoms with Crippen LogP contribution in [-0.4, -0.2) is 23.0 Å². The molecule has 0 unspecified atom stereocenters. The van der Waals surface area contributed by atoms with Gasteiger partial charge in [0, 0.05) is 17.8 Å². The Morgan fingerprint density at radius 1 is 1.14 bits per heavy atom. The third-order valence-electron chi connectivity index (χ3n) is 3.99. The molecule has 142 valence electrons. The fraction of sp³-hybridized carbons (Fsp3) is 0.0500. The van der Waals surface area contributed by atoms with Crippen molar-refractivity contribution in [2.45, 2.75) is 0 Å². The molecule has 29 heavy (non-hydrogen) atoms. The van der Waals surface area contributed by atoms with Crippen LogP contribution in [0, 0.1) is 22.7 Å². The van der Waals surface area contributed by atoms with E-state index in [-0.39, 0.29) is 34.0 Å². The normalized spacial score (nSPS) is 9.90. The van der Waals surface area contributed by atoms with Gasteiger partial charge in [-0.1, -0.05) is 12.1 Å². The number of nitrogen functional groups attached to an aromatic ring is 1. The van der Waals surface area contributed by atoms with Gasteiger partial charge >= 0.3 is 5.97 Å². The van der Waals surface area contributed by atoms with Gasteiger partial charge in [-0.3, -0.25) is 4.79 Å². The summed E-state index contributed by atoms with van der Waals surface area (Å²) in [6.45, 7) is 0. The van der Waals surface area contributed by atoms with Crippen LogP contribution in [0.2, 0.25) is 0 Å². The minimum absolute atomic E-state index is 0.00210. The van der Waals surface area contributed by atoms with Gasteiger partial charge in [0.1, 0.15) is 34.8 Å². The number of methoxy groups -OCH3 is 1. The molecule has 3 N–H and O–H groups in total. The highest BCUT2D eigenvalue weighted by Gasteiger charge is 2.18. The number of pyridine rings is 2. The van der Waals surface area contributed by atoms with Gasteiger partial charge in [-0.2, -0.15) is 10.5 Å². The predicted octanol–water partition coefficient (Wildman–Crippen LogP) is 2.34. The Balaban J connectivity index is 1.97. The molecule has 0 fully saturated rings. The molecule has 3 rings (SSSR count). The first-order valence-corrected chi connectivity index (χ1v) is 8.17. The number of benzene rings is 1. The van der Waals surface area contributed by atoms with E-state index in [9.17, 15) is 20.1 Å². The molecule has 0 radical (unpaired) electrons. The first kappa shape index (κ1) is 19.1. The Morgan fingerprint density at radius 3 is 2.45 bits per heavy atom. The molecular formula is C20H13N5O4. The number of anilines is 1. The van der Waals surface area contributed by atoms with Crippen molar-refractivity contribution in [3.8, 4) is 34.9 Å². The minimum atomic E-state index is -0.678. The molecule has 2 heterocycles. The maximum Gasteiger partial charge on any atom is 0.338 e. The fourth-order valence-electron chi connectivity index (χ4n) is 2.65. The van der Waals surface area contributed by atoms with Crippen molar-refractivity contribution < 1.29 is 14.3 Å². The van der Waals surface area contributed by atoms with Crippen LogP contribution in [0.25, 0.3) is 11.1 Å². The molecule has 9 heteroatoms. The van der Waals surface area contributed by atoms with Crippen molar-refractivity contribution in [2.24, 2.45) is 0 Å². The zero-order chi connectivity index (χ0) is 21.0. The summed E-state index contributed by atoms with van der Waals surface area (Å²) in [5.74, 6) is -0.0715. The van der Waals surface area contributed by atoms with Crippen molar-refractivity contribution in [1.82, 2.24) is 9.97 Å². The van der Waals surface area contributed by atoms with E-state index in [1.54, 1.807) is 30.3 Å². The van der Waals surface area contributed by atoms with Crippen molar-refractivity contribution in [3.05, 3.63) is 69.6 Å². The van der Waals surface area contributed by atoms with Gasteiger partial charge in [-0.25, -0.2) is 9.78 Å². The number of rotatable bonds is 4. The minimum Gasteiger partial charge on any atom is -0.465 e. The number of hydrogen-bond acceptors (Lipinski definition) is 8. The number of aromatic nitrogens is 2. The second kappa shape index (κ2) is 7.94. The number of carbonyl (C=O) groups excluding carboxylic acids is 1. The molecule has 2 aromatic heterocycles. The van der Waals surface area contributed by atoms with Crippen LogP contribution >= 0.6 is 0 Å². The Hall–Kier alpha value is -4.63. The Labute approximate surface area is 164 Å². The van der Waals surface area contributed by atoms with Crippen molar-refractivity contribution in [3.63, 3.8) is 0 Å². The van der Waals surface area contributed by atoms with Crippen LogP contribution in [0.15, 0.2) is 47.4 Å². The van der Waals surface area contributed by atoms with Gasteiger partial charge in [-0.05, 0) is 23.8 Å². The third-order valence-corrected chi connectivity index (χ3v) is 3.99. The van der Waals surface area contributed by atoms with Crippen molar-refractivity contribution in [1.29, 1.82) is 10.5 Å². The number of ether oxygens (including phenoxy) is 2. The van der Waals surface area contributed by atoms with Crippen LogP contribution < -0.4 is 16.0 Å². The number of nitrogens with two attached hydrogens (primary N) is 1. The SMILES string of the molecule is COC(=O)c1ccnc(Oc2ccc(-c3c(C#N)c(N)[nH]c(=O)c3C#N)cc2)c1. The molecule has 3 aromatic rings. The Kier molecular flexibility index (Phi) is 5.24. The molecular weight excluding hydrogens is 374 g/mol. The molecule has 0 saturated carbocycles. The molecule has 1 aromatic carbocycles. The highest BCUT2D eigenvalue weighted by molar-refractivity contribution is 5.89. The van der Waals surface area contributed by atoms with Gasteiger partial charge < -0.3 is 20.2 Å². The molecule has 0 saturated heterocycles. The zero-order valence-electron chi connectivity index (χ0n) is 15.1. The molecule has 9 nitrogen and oxygen atoms in total. The van der Waals surface area contributed by atoms with E-state index in [0.29, 0.717) is 11.3 Å². The second-order valence-corrected chi connectivity index (χ2v) is 5.72. The van der Waals surface area contributed by atoms with Gasteiger partial charge in [-0.15, -0.1) is 0 Å². The van der Waals surface area contributed by atoms with Crippen molar-refractivity contribution >= 4 is 11.8 Å². The Bertz CT molecular complexity index is 1230. The molecule has 0 bridgehead atoms. The summed E-state index contributed by atoms with van der Waals surface area (Å²) in [5, 5.41) is 18.7. The number of H-pyrrole nitrogens is 1. The highest BCUT2D eigenvalue weighted by atomic mass is 16.5. The summed E-state index contributed by atoms with van der Waals surface area (Å²) in [5.41, 5.74) is 5.70. The smallest absolute Gasteiger partial charge is 0.338 e. The quantitative estimate of drug-likeness (QED) is 0.646. The van der Waals surface area contributed by atoms with E-state index in [4.69, 9.17) is 10.5 Å². The zero-order valence-corrected chi connectivity index (χ0v) is 15.1. The summed E-state index contributed by atoms with van der Waals surface area (Å²) in [6, 6.07) is 12.9. The molecule has 0 aliphatic carbocycles. The average molecular weight is 387 g/mol. The number of esters is 1. The summed E-state index contributed by atoms with van der Waals surface area (Å²) in [6.07, 6.45) is 1.41. The number of aromatic amines is 1. The molecule has 0 aliphatic heterocycles. The predicted molar refractivity (Wildman–Crippen MR) is 102 cm³/mol. The standard InChI is InChI=1S/C20H13N5O4/c1-28-20(27)12-6-7-24-16(8-12)29-13-4-2-11(3-5-13)17-14(9-21)18(23)25-19(26)15(17)10-22/h2-8H,1H3,(H3,23,25,26). The summed E-state index contributed by atoms with van der Waals surface area (Å²) >= 11 is 0. The van der Waals surface area contributed by atoms with E-state index in [1.165, 1.54) is 25.4 Å². The lowest BCUT2D eigenvalue weighted by Gasteiger charge is -2.10. The first-order valence-electron chi connectivity index (χ1n) is 8.17. The van der Waals surface area contributed by atoms with E-state index in [2.05, 4.69) is 14.7 Å². The molecule has 0 amide bonds. The van der Waals surface area contributed by atoms with Crippen LogP contribution in [0.4, 0.5) is 5.82 Å². The van der Waals surface area contributed by atoms with Crippen molar-refractivity contribution in [2.75, 3.05) is 12.8 Å². The number of carbonyl (C=O) groups is 1. The largest absolute Gasteiger partial charge is 0.465 e. The lowest BCUT2D eigenvalue weighted by Crippen LogP contribution is -2.16. The van der Waals surface area contributed by atoms with E-state index >= 15 is 0 Å². The van der Waals surface area contributed by atoms with Crippen LogP contribution in [0.1, 0.15) is 21.5 Å². The van der Waals surface area contributed by atoms with Gasteiger partial charge in [0.25, 0.3) is 5.56 Å². The van der Waals surface area contributed by atoms with Gasteiger partial charge in [0.05, 0.1) is 12.7 Å². The third kappa shape index (κ3) is 3.75. The lowest BCUT2D eigenvalue weighted by atomic mass is 9.97. The van der Waals surface area contributed by atoms with Gasteiger partial charge in [0.2, 0.25) is 5.88 Å². The summed E-state index contributed by atoms with van der Waals surface area (Å²) < 4.78 is 10.3. The number of nitrogens with zero attached hydrogens (tertiary/aromatic N) is 3. The molecule has 0 aliphatic rings. The summed E-state index contributed by atoms with van der Waals surface area (Å²) in [4.78, 5) is 29.9. The number of hydrogen-bond donors (Lipinski definition) is 2. The molecule has 0 spiro atoms. The topological polar surface area (TPSA) is 155 Å². The van der Waals surface area contributed by atoms with Gasteiger partial charge in [0.15, 0.2) is 0 Å². The van der Waals surface area contributed by atoms with E-state index < -0.39 is 11.5 Å². The van der Waals surface area contributed by atoms with Crippen LogP contribution in [-0.2, 0) is 4.74 Å². The monoisotopic (exact) mass is 387 g/mol. The Morgan fingerprint density at radius 2 is 1.83 bits per heavy atom. The maximum atomic E-state index is 12.0. The van der Waals surface area contributed by atoms with Crippen LogP contribution in [0.5, 0.6) is 11.6 Å². The lowest BCUT2D eigenvalue weighted by molar-refractivity contribution is 0.0600. The first-order chi connectivity index (χ1) is 14.0. The van der Waals surface area contributed by atoms with E-state index in [1.807, 2.05) is 6.07 Å². The second-order valence-electron chi connectivity index (χ2n) is 5.72. The number of nitriles is 2. The highest BCUT2D eigenvalue weighted by Crippen LogP contribution is 2.30. The fourth-order valence-corrected chi connectivity index (χ4v) is 2.65. The molecule has 0 atom stereocenters. The summed E-state index contributed by atoms with van der Waals surface area (Å²) in [7, 11) is 1.27. The average Bonchev–Trinajstić information content (AvgIpc) is 2.73. The maximum absolute atomic E-state index is 12.0. The van der Waals surface area contributed by atoms with Crippen LogP contribution in [0.3, 0.4) is 0 Å².